The van der Waals surface area contributed by atoms with E-state index >= 15 is 0 Å². The molecule has 0 bridgehead atoms. The van der Waals surface area contributed by atoms with Gasteiger partial charge in [-0.25, -0.2) is 0 Å². The highest BCUT2D eigenvalue weighted by Crippen LogP contribution is 2.31. The fourth-order valence-corrected chi connectivity index (χ4v) is 2.55. The summed E-state index contributed by atoms with van der Waals surface area (Å²) in [7, 11) is 2.10. The van der Waals surface area contributed by atoms with Crippen molar-refractivity contribution in [1.82, 2.24) is 5.32 Å². The molecule has 0 heterocycles. The van der Waals surface area contributed by atoms with E-state index in [0.29, 0.717) is 0 Å². The van der Waals surface area contributed by atoms with Crippen molar-refractivity contribution in [2.75, 3.05) is 18.5 Å². The summed E-state index contributed by atoms with van der Waals surface area (Å²) in [5.74, 6) is 0. The minimum atomic E-state index is 0.778. The van der Waals surface area contributed by atoms with Crippen molar-refractivity contribution in [3.8, 4) is 0 Å². The molecule has 20 heavy (non-hydrogen) atoms. The zero-order chi connectivity index (χ0) is 14.5. The van der Waals surface area contributed by atoms with E-state index in [1.165, 1.54) is 22.5 Å². The van der Waals surface area contributed by atoms with E-state index in [1.54, 1.807) is 0 Å². The Morgan fingerprint density at radius 2 is 1.85 bits per heavy atom. The summed E-state index contributed by atoms with van der Waals surface area (Å²) in [6.45, 7) is 6.00. The number of benzene rings is 2. The van der Waals surface area contributed by atoms with Crippen LogP contribution in [-0.4, -0.2) is 13.6 Å². The molecule has 0 unspecified atom stereocenters. The third-order valence-corrected chi connectivity index (χ3v) is 3.68. The van der Waals surface area contributed by atoms with Crippen molar-refractivity contribution in [3.63, 3.8) is 0 Å². The van der Waals surface area contributed by atoms with Gasteiger partial charge in [0.2, 0.25) is 0 Å². The van der Waals surface area contributed by atoms with Crippen molar-refractivity contribution in [3.05, 3.63) is 58.6 Å². The quantitative estimate of drug-likeness (QED) is 0.870. The molecular weight excluding hydrogens is 268 g/mol. The molecule has 0 amide bonds. The average molecular weight is 289 g/mol. The molecule has 0 fully saturated rings. The van der Waals surface area contributed by atoms with Gasteiger partial charge in [-0.15, -0.1) is 0 Å². The van der Waals surface area contributed by atoms with Crippen LogP contribution < -0.4 is 10.2 Å². The van der Waals surface area contributed by atoms with Crippen molar-refractivity contribution < 1.29 is 0 Å². The number of rotatable bonds is 5. The van der Waals surface area contributed by atoms with Crippen molar-refractivity contribution in [2.45, 2.75) is 20.4 Å². The maximum Gasteiger partial charge on any atom is 0.0454 e. The highest BCUT2D eigenvalue weighted by Gasteiger charge is 2.11. The highest BCUT2D eigenvalue weighted by molar-refractivity contribution is 6.30. The fourth-order valence-electron chi connectivity index (χ4n) is 2.35. The SMILES string of the molecule is CCNCc1cc(Cl)ccc1N(C)c1ccccc1C. The lowest BCUT2D eigenvalue weighted by atomic mass is 10.1. The van der Waals surface area contributed by atoms with Gasteiger partial charge in [0.1, 0.15) is 0 Å². The van der Waals surface area contributed by atoms with Gasteiger partial charge >= 0.3 is 0 Å². The number of hydrogen-bond donors (Lipinski definition) is 1. The van der Waals surface area contributed by atoms with Crippen LogP contribution in [-0.2, 0) is 6.54 Å². The van der Waals surface area contributed by atoms with Gasteiger partial charge in [0, 0.05) is 30.0 Å². The van der Waals surface area contributed by atoms with E-state index in [9.17, 15) is 0 Å². The molecule has 106 valence electrons. The van der Waals surface area contributed by atoms with Crippen LogP contribution >= 0.6 is 11.6 Å². The van der Waals surface area contributed by atoms with E-state index in [-0.39, 0.29) is 0 Å². The van der Waals surface area contributed by atoms with Crippen molar-refractivity contribution in [2.24, 2.45) is 0 Å². The molecule has 1 N–H and O–H groups in total. The first-order valence-electron chi connectivity index (χ1n) is 6.92. The first-order valence-corrected chi connectivity index (χ1v) is 7.29. The van der Waals surface area contributed by atoms with Crippen LogP contribution in [0.2, 0.25) is 5.02 Å². The fraction of sp³-hybridized carbons (Fsp3) is 0.294. The van der Waals surface area contributed by atoms with Gasteiger partial charge in [0.05, 0.1) is 0 Å². The number of para-hydroxylation sites is 1. The predicted molar refractivity (Wildman–Crippen MR) is 88.1 cm³/mol. The number of nitrogens with zero attached hydrogens (tertiary/aromatic N) is 1. The van der Waals surface area contributed by atoms with E-state index < -0.39 is 0 Å². The van der Waals surface area contributed by atoms with Crippen LogP contribution in [0.1, 0.15) is 18.1 Å². The van der Waals surface area contributed by atoms with Crippen LogP contribution in [0.25, 0.3) is 0 Å². The van der Waals surface area contributed by atoms with Gasteiger partial charge in [-0.3, -0.25) is 0 Å². The van der Waals surface area contributed by atoms with Crippen LogP contribution in [0.4, 0.5) is 11.4 Å². The number of hydrogen-bond acceptors (Lipinski definition) is 2. The molecule has 0 spiro atoms. The Kier molecular flexibility index (Phi) is 5.05. The zero-order valence-electron chi connectivity index (χ0n) is 12.3. The number of aryl methyl sites for hydroxylation is 1. The summed E-state index contributed by atoms with van der Waals surface area (Å²) < 4.78 is 0. The van der Waals surface area contributed by atoms with E-state index in [0.717, 1.165) is 18.1 Å². The van der Waals surface area contributed by atoms with E-state index in [2.05, 4.69) is 61.4 Å². The third kappa shape index (κ3) is 3.33. The van der Waals surface area contributed by atoms with Gasteiger partial charge in [-0.05, 0) is 48.9 Å². The third-order valence-electron chi connectivity index (χ3n) is 3.45. The van der Waals surface area contributed by atoms with Gasteiger partial charge < -0.3 is 10.2 Å². The monoisotopic (exact) mass is 288 g/mol. The number of halogens is 1. The molecule has 2 aromatic rings. The van der Waals surface area contributed by atoms with Crippen LogP contribution in [0.3, 0.4) is 0 Å². The minimum Gasteiger partial charge on any atom is -0.344 e. The van der Waals surface area contributed by atoms with E-state index in [4.69, 9.17) is 11.6 Å². The summed E-state index contributed by atoms with van der Waals surface area (Å²) in [5.41, 5.74) is 4.88. The summed E-state index contributed by atoms with van der Waals surface area (Å²) in [6.07, 6.45) is 0. The molecule has 2 nitrogen and oxygen atoms in total. The minimum absolute atomic E-state index is 0.778. The Bertz CT molecular complexity index is 581. The molecule has 0 radical (unpaired) electrons. The lowest BCUT2D eigenvalue weighted by Crippen LogP contribution is -2.17. The largest absolute Gasteiger partial charge is 0.344 e. The zero-order valence-corrected chi connectivity index (χ0v) is 13.0. The first-order chi connectivity index (χ1) is 9.63. The normalized spacial score (nSPS) is 10.6. The Labute approximate surface area is 126 Å². The standard InChI is InChI=1S/C17H21ClN2/c1-4-19-12-14-11-15(18)9-10-17(14)20(3)16-8-6-5-7-13(16)2/h5-11,19H,4,12H2,1-3H3. The molecule has 0 atom stereocenters. The molecule has 0 aliphatic heterocycles. The van der Waals surface area contributed by atoms with Gasteiger partial charge in [0.15, 0.2) is 0 Å². The maximum absolute atomic E-state index is 6.13. The number of nitrogens with one attached hydrogen (secondary N) is 1. The number of anilines is 2. The molecule has 3 heteroatoms. The second-order valence-corrected chi connectivity index (χ2v) is 5.34. The van der Waals surface area contributed by atoms with Gasteiger partial charge in [-0.1, -0.05) is 36.7 Å². The predicted octanol–water partition coefficient (Wildman–Crippen LogP) is 4.53. The second kappa shape index (κ2) is 6.78. The lowest BCUT2D eigenvalue weighted by molar-refractivity contribution is 0.726. The summed E-state index contributed by atoms with van der Waals surface area (Å²) in [6, 6.07) is 14.5. The van der Waals surface area contributed by atoms with Crippen LogP contribution in [0.15, 0.2) is 42.5 Å². The Balaban J connectivity index is 2.38. The molecule has 2 rings (SSSR count). The summed E-state index contributed by atoms with van der Waals surface area (Å²) in [5, 5.41) is 4.15. The van der Waals surface area contributed by atoms with Crippen LogP contribution in [0, 0.1) is 6.92 Å². The molecular formula is C17H21ClN2. The molecule has 0 aromatic heterocycles. The lowest BCUT2D eigenvalue weighted by Gasteiger charge is -2.24. The molecule has 0 aliphatic rings. The molecule has 0 saturated carbocycles. The van der Waals surface area contributed by atoms with E-state index in [1.807, 2.05) is 12.1 Å². The summed E-state index contributed by atoms with van der Waals surface area (Å²) >= 11 is 6.13. The molecule has 0 aliphatic carbocycles. The Morgan fingerprint density at radius 3 is 2.55 bits per heavy atom. The first kappa shape index (κ1) is 14.9. The molecule has 0 saturated heterocycles. The Hall–Kier alpha value is -1.51. The topological polar surface area (TPSA) is 15.3 Å². The van der Waals surface area contributed by atoms with Crippen molar-refractivity contribution >= 4 is 23.0 Å². The van der Waals surface area contributed by atoms with Crippen LogP contribution in [0.5, 0.6) is 0 Å². The van der Waals surface area contributed by atoms with Crippen molar-refractivity contribution in [1.29, 1.82) is 0 Å². The smallest absolute Gasteiger partial charge is 0.0454 e. The average Bonchev–Trinajstić information content (AvgIpc) is 2.45. The second-order valence-electron chi connectivity index (χ2n) is 4.90. The molecule has 2 aromatic carbocycles. The highest BCUT2D eigenvalue weighted by atomic mass is 35.5. The summed E-state index contributed by atoms with van der Waals surface area (Å²) in [4.78, 5) is 2.22. The maximum atomic E-state index is 6.13. The van der Waals surface area contributed by atoms with Gasteiger partial charge in [-0.2, -0.15) is 0 Å². The Morgan fingerprint density at radius 1 is 1.10 bits per heavy atom. The van der Waals surface area contributed by atoms with Gasteiger partial charge in [0.25, 0.3) is 0 Å².